The molecule has 6 rings (SSSR count). The van der Waals surface area contributed by atoms with E-state index < -0.39 is 11.2 Å². The van der Waals surface area contributed by atoms with Crippen LogP contribution in [0.4, 0.5) is 0 Å². The third kappa shape index (κ3) is 5.10. The lowest BCUT2D eigenvalue weighted by Gasteiger charge is -2.36. The van der Waals surface area contributed by atoms with Crippen LogP contribution in [-0.4, -0.2) is 16.0 Å². The first kappa shape index (κ1) is 25.8. The predicted molar refractivity (Wildman–Crippen MR) is 153 cm³/mol. The number of halogens is 2. The molecular weight excluding hydrogens is 537 g/mol. The van der Waals surface area contributed by atoms with E-state index in [1.165, 1.54) is 5.56 Å². The van der Waals surface area contributed by atoms with Crippen LogP contribution in [0, 0.1) is 6.92 Å². The number of hydrogen-bond acceptors (Lipinski definition) is 4. The average Bonchev–Trinajstić information content (AvgIpc) is 3.63. The van der Waals surface area contributed by atoms with Crippen LogP contribution in [0.25, 0.3) is 11.3 Å². The molecule has 0 saturated heterocycles. The highest BCUT2D eigenvalue weighted by Crippen LogP contribution is 2.50. The summed E-state index contributed by atoms with van der Waals surface area (Å²) in [5, 5.41) is 5.80. The van der Waals surface area contributed by atoms with Crippen molar-refractivity contribution >= 4 is 34.4 Å². The van der Waals surface area contributed by atoms with Crippen molar-refractivity contribution in [3.05, 3.63) is 98.7 Å². The molecule has 2 saturated carbocycles. The van der Waals surface area contributed by atoms with E-state index in [0.717, 1.165) is 75.1 Å². The SMILES string of the molecule is Cc1cccc(Cl)c1-c1noc(C2CC2)c1COc1ccc(C2CC(c3cccc([S+](C)[O-])c3)C2)c(Cl)c1. The van der Waals surface area contributed by atoms with Crippen LogP contribution in [0.15, 0.2) is 70.1 Å². The predicted octanol–water partition coefficient (Wildman–Crippen LogP) is 8.81. The molecule has 3 aromatic carbocycles. The summed E-state index contributed by atoms with van der Waals surface area (Å²) in [6, 6.07) is 20.0. The first-order valence-electron chi connectivity index (χ1n) is 13.0. The van der Waals surface area contributed by atoms with Crippen molar-refractivity contribution < 1.29 is 13.8 Å². The maximum atomic E-state index is 11.9. The van der Waals surface area contributed by atoms with Crippen LogP contribution < -0.4 is 4.74 Å². The van der Waals surface area contributed by atoms with Gasteiger partial charge in [-0.3, -0.25) is 0 Å². The van der Waals surface area contributed by atoms with E-state index in [2.05, 4.69) is 23.4 Å². The third-order valence-corrected chi connectivity index (χ3v) is 9.38. The number of hydrogen-bond donors (Lipinski definition) is 0. The van der Waals surface area contributed by atoms with Gasteiger partial charge in [-0.25, -0.2) is 0 Å². The molecule has 1 atom stereocenters. The molecule has 2 fully saturated rings. The van der Waals surface area contributed by atoms with E-state index in [1.54, 1.807) is 6.26 Å². The van der Waals surface area contributed by atoms with Crippen molar-refractivity contribution in [2.24, 2.45) is 0 Å². The summed E-state index contributed by atoms with van der Waals surface area (Å²) < 4.78 is 23.9. The summed E-state index contributed by atoms with van der Waals surface area (Å²) in [7, 11) is 0. The van der Waals surface area contributed by atoms with Gasteiger partial charge in [0.05, 0.1) is 10.6 Å². The molecule has 4 nitrogen and oxygen atoms in total. The lowest BCUT2D eigenvalue weighted by molar-refractivity contribution is 0.300. The number of nitrogens with zero attached hydrogens (tertiary/aromatic N) is 1. The Hall–Kier alpha value is -2.44. The van der Waals surface area contributed by atoms with Gasteiger partial charge in [-0.2, -0.15) is 0 Å². The molecule has 196 valence electrons. The van der Waals surface area contributed by atoms with Crippen molar-refractivity contribution in [3.8, 4) is 17.0 Å². The highest BCUT2D eigenvalue weighted by molar-refractivity contribution is 7.90. The fraction of sp³-hybridized carbons (Fsp3) is 0.323. The van der Waals surface area contributed by atoms with Gasteiger partial charge in [-0.15, -0.1) is 0 Å². The van der Waals surface area contributed by atoms with Gasteiger partial charge < -0.3 is 13.8 Å². The molecular formula is C31H29Cl2NO3S. The highest BCUT2D eigenvalue weighted by Gasteiger charge is 2.35. The largest absolute Gasteiger partial charge is 0.612 e. The minimum atomic E-state index is -0.965. The van der Waals surface area contributed by atoms with E-state index in [1.807, 2.05) is 49.4 Å². The standard InChI is InChI=1S/C31H29Cl2NO3S/c1-18-5-3-8-27(32)29(18)30-26(31(37-34-30)19-9-10-19)17-36-23-11-12-25(28(33)16-23)22-13-21(14-22)20-6-4-7-24(15-20)38(2)35/h3-8,11-12,15-16,19,21-22H,9-10,13-14,17H2,1-2H3. The van der Waals surface area contributed by atoms with Gasteiger partial charge >= 0.3 is 0 Å². The maximum Gasteiger partial charge on any atom is 0.152 e. The molecule has 1 aromatic heterocycles. The van der Waals surface area contributed by atoms with Crippen LogP contribution in [0.2, 0.25) is 10.0 Å². The second-order valence-electron chi connectivity index (χ2n) is 10.4. The lowest BCUT2D eigenvalue weighted by atomic mass is 9.68. The minimum Gasteiger partial charge on any atom is -0.612 e. The summed E-state index contributed by atoms with van der Waals surface area (Å²) in [5.41, 5.74) is 6.08. The van der Waals surface area contributed by atoms with Crippen LogP contribution >= 0.6 is 23.2 Å². The molecule has 7 heteroatoms. The molecule has 0 bridgehead atoms. The van der Waals surface area contributed by atoms with Crippen molar-refractivity contribution in [2.45, 2.75) is 61.9 Å². The van der Waals surface area contributed by atoms with Crippen molar-refractivity contribution in [1.29, 1.82) is 0 Å². The Morgan fingerprint density at radius 2 is 1.76 bits per heavy atom. The van der Waals surface area contributed by atoms with Gasteiger partial charge in [0, 0.05) is 16.5 Å². The Bertz CT molecular complexity index is 1450. The second-order valence-corrected chi connectivity index (χ2v) is 12.6. The average molecular weight is 567 g/mol. The smallest absolute Gasteiger partial charge is 0.152 e. The maximum absolute atomic E-state index is 11.9. The van der Waals surface area contributed by atoms with E-state index in [-0.39, 0.29) is 0 Å². The quantitative estimate of drug-likeness (QED) is 0.200. The molecule has 2 aliphatic rings. The number of benzene rings is 3. The second kappa shape index (κ2) is 10.6. The first-order valence-corrected chi connectivity index (χ1v) is 15.3. The van der Waals surface area contributed by atoms with Crippen molar-refractivity contribution in [3.63, 3.8) is 0 Å². The summed E-state index contributed by atoms with van der Waals surface area (Å²) in [5.74, 6) is 2.90. The van der Waals surface area contributed by atoms with Gasteiger partial charge in [0.15, 0.2) is 4.90 Å². The van der Waals surface area contributed by atoms with Gasteiger partial charge in [0.1, 0.15) is 30.1 Å². The van der Waals surface area contributed by atoms with E-state index in [0.29, 0.717) is 29.4 Å². The lowest BCUT2D eigenvalue weighted by Crippen LogP contribution is -2.20. The summed E-state index contributed by atoms with van der Waals surface area (Å²) >= 11 is 12.3. The topological polar surface area (TPSA) is 58.3 Å². The molecule has 0 spiro atoms. The van der Waals surface area contributed by atoms with Crippen molar-refractivity contribution in [2.75, 3.05) is 6.26 Å². The van der Waals surface area contributed by atoms with Crippen LogP contribution in [0.1, 0.15) is 71.5 Å². The number of aromatic nitrogens is 1. The van der Waals surface area contributed by atoms with E-state index in [9.17, 15) is 4.55 Å². The van der Waals surface area contributed by atoms with E-state index in [4.69, 9.17) is 32.5 Å². The molecule has 1 heterocycles. The first-order chi connectivity index (χ1) is 18.4. The zero-order valence-electron chi connectivity index (χ0n) is 21.4. The molecule has 0 amide bonds. The Labute approximate surface area is 236 Å². The molecule has 4 aromatic rings. The summed E-state index contributed by atoms with van der Waals surface area (Å²) in [4.78, 5) is 0.885. The summed E-state index contributed by atoms with van der Waals surface area (Å²) in [6.45, 7) is 2.37. The molecule has 0 N–H and O–H groups in total. The molecule has 38 heavy (non-hydrogen) atoms. The number of ether oxygens (including phenoxy) is 1. The Balaban J connectivity index is 1.16. The highest BCUT2D eigenvalue weighted by atomic mass is 35.5. The molecule has 2 aliphatic carbocycles. The Morgan fingerprint density at radius 3 is 2.47 bits per heavy atom. The van der Waals surface area contributed by atoms with Crippen LogP contribution in [0.5, 0.6) is 5.75 Å². The fourth-order valence-corrected chi connectivity index (χ4v) is 6.64. The molecule has 1 unspecified atom stereocenters. The normalized spacial score (nSPS) is 19.7. The van der Waals surface area contributed by atoms with Crippen LogP contribution in [-0.2, 0) is 17.8 Å². The fourth-order valence-electron chi connectivity index (χ4n) is 5.43. The van der Waals surface area contributed by atoms with Gasteiger partial charge in [-0.05, 0) is 103 Å². The van der Waals surface area contributed by atoms with Crippen LogP contribution in [0.3, 0.4) is 0 Å². The van der Waals surface area contributed by atoms with Gasteiger partial charge in [0.2, 0.25) is 0 Å². The summed E-state index contributed by atoms with van der Waals surface area (Å²) in [6.07, 6.45) is 6.00. The Kier molecular flexibility index (Phi) is 7.21. The van der Waals surface area contributed by atoms with Crippen molar-refractivity contribution in [1.82, 2.24) is 5.16 Å². The minimum absolute atomic E-state index is 0.339. The van der Waals surface area contributed by atoms with E-state index >= 15 is 0 Å². The van der Waals surface area contributed by atoms with Gasteiger partial charge in [-0.1, -0.05) is 58.7 Å². The monoisotopic (exact) mass is 565 g/mol. The number of rotatable bonds is 8. The third-order valence-electron chi connectivity index (χ3n) is 7.82. The molecule has 0 aliphatic heterocycles. The molecule has 0 radical (unpaired) electrons. The van der Waals surface area contributed by atoms with Gasteiger partial charge in [0.25, 0.3) is 0 Å². The Morgan fingerprint density at radius 1 is 0.974 bits per heavy atom. The zero-order chi connectivity index (χ0) is 26.4. The number of aryl methyl sites for hydroxylation is 1. The zero-order valence-corrected chi connectivity index (χ0v) is 23.7.